The third kappa shape index (κ3) is 12.0. The van der Waals surface area contributed by atoms with Gasteiger partial charge in [-0.05, 0) is 163 Å². The molecule has 0 saturated heterocycles. The second kappa shape index (κ2) is 24.9. The molecule has 0 heterocycles. The summed E-state index contributed by atoms with van der Waals surface area (Å²) in [6.07, 6.45) is 19.0. The summed E-state index contributed by atoms with van der Waals surface area (Å²) >= 11 is 0. The van der Waals surface area contributed by atoms with Crippen molar-refractivity contribution in [3.63, 3.8) is 0 Å². The fourth-order valence-electron chi connectivity index (χ4n) is 9.75. The summed E-state index contributed by atoms with van der Waals surface area (Å²) in [4.78, 5) is 0. The zero-order chi connectivity index (χ0) is 46.9. The maximum absolute atomic E-state index is 6.24. The van der Waals surface area contributed by atoms with Crippen LogP contribution < -0.4 is 18.9 Å². The highest BCUT2D eigenvalue weighted by molar-refractivity contribution is 6.32. The molecule has 0 spiro atoms. The molecule has 0 bridgehead atoms. The fraction of sp³-hybridized carbons (Fsp3) is 0.375. The smallest absolute Gasteiger partial charge is 0.119 e. The van der Waals surface area contributed by atoms with Crippen molar-refractivity contribution in [2.24, 2.45) is 0 Å². The normalized spacial score (nSPS) is 11.5. The average Bonchev–Trinajstić information content (AvgIpc) is 3.38. The minimum Gasteiger partial charge on any atom is -0.494 e. The predicted molar refractivity (Wildman–Crippen MR) is 290 cm³/mol. The highest BCUT2D eigenvalue weighted by Crippen LogP contribution is 2.49. The summed E-state index contributed by atoms with van der Waals surface area (Å²) < 4.78 is 25.0. The van der Waals surface area contributed by atoms with Gasteiger partial charge in [-0.2, -0.15) is 0 Å². The SMILES string of the molecule is CCCCCCOc1ccc(-c2cc(-c3ccc(OCCCCCC)cc3)c3ccc4c(-c5ccc(OCCCCCC)cc5)cc(-c5ccc(OCCCCCC)cc5)c5ccc2c3c54)cc1. The van der Waals surface area contributed by atoms with Crippen molar-refractivity contribution in [1.29, 1.82) is 0 Å². The van der Waals surface area contributed by atoms with Gasteiger partial charge in [-0.3, -0.25) is 0 Å². The molecular formula is C64H74O4. The second-order valence-corrected chi connectivity index (χ2v) is 18.7. The molecule has 0 amide bonds. The van der Waals surface area contributed by atoms with E-state index in [0.29, 0.717) is 0 Å². The molecule has 0 radical (unpaired) electrons. The lowest BCUT2D eigenvalue weighted by Crippen LogP contribution is -1.98. The summed E-state index contributed by atoms with van der Waals surface area (Å²) in [6, 6.07) is 49.4. The molecule has 8 aromatic carbocycles. The van der Waals surface area contributed by atoms with Crippen LogP contribution >= 0.6 is 0 Å². The average molecular weight is 907 g/mol. The first-order chi connectivity index (χ1) is 33.6. The summed E-state index contributed by atoms with van der Waals surface area (Å²) in [5, 5.41) is 7.52. The van der Waals surface area contributed by atoms with E-state index in [1.54, 1.807) is 0 Å². The first-order valence-corrected chi connectivity index (χ1v) is 26.3. The minimum atomic E-state index is 0.745. The minimum absolute atomic E-state index is 0.745. The first kappa shape index (κ1) is 48.5. The van der Waals surface area contributed by atoms with Crippen molar-refractivity contribution in [1.82, 2.24) is 0 Å². The van der Waals surface area contributed by atoms with Gasteiger partial charge in [0.25, 0.3) is 0 Å². The molecule has 8 aromatic rings. The molecule has 68 heavy (non-hydrogen) atoms. The number of unbranched alkanes of at least 4 members (excludes halogenated alkanes) is 12. The van der Waals surface area contributed by atoms with Crippen LogP contribution in [0.1, 0.15) is 130 Å². The number of benzene rings is 8. The van der Waals surface area contributed by atoms with Crippen LogP contribution in [0.5, 0.6) is 23.0 Å². The van der Waals surface area contributed by atoms with Crippen LogP contribution in [-0.4, -0.2) is 26.4 Å². The van der Waals surface area contributed by atoms with E-state index in [1.807, 2.05) is 0 Å². The van der Waals surface area contributed by atoms with Gasteiger partial charge in [-0.15, -0.1) is 0 Å². The van der Waals surface area contributed by atoms with E-state index in [9.17, 15) is 0 Å². The Bertz CT molecular complexity index is 2380. The van der Waals surface area contributed by atoms with E-state index >= 15 is 0 Å². The lowest BCUT2D eigenvalue weighted by atomic mass is 9.82. The molecule has 0 saturated carbocycles. The van der Waals surface area contributed by atoms with Gasteiger partial charge in [0.05, 0.1) is 26.4 Å². The molecule has 0 aliphatic carbocycles. The van der Waals surface area contributed by atoms with E-state index < -0.39 is 0 Å². The van der Waals surface area contributed by atoms with Crippen molar-refractivity contribution in [3.05, 3.63) is 133 Å². The quantitative estimate of drug-likeness (QED) is 0.0362. The number of rotatable bonds is 28. The Hall–Kier alpha value is -6.00. The Balaban J connectivity index is 1.26. The molecule has 4 nitrogen and oxygen atoms in total. The Kier molecular flexibility index (Phi) is 17.7. The molecule has 0 atom stereocenters. The van der Waals surface area contributed by atoms with Crippen molar-refractivity contribution in [3.8, 4) is 67.5 Å². The van der Waals surface area contributed by atoms with Gasteiger partial charge < -0.3 is 18.9 Å². The fourth-order valence-corrected chi connectivity index (χ4v) is 9.75. The Morgan fingerprint density at radius 2 is 0.471 bits per heavy atom. The summed E-state index contributed by atoms with van der Waals surface area (Å²) in [7, 11) is 0. The molecule has 0 unspecified atom stereocenters. The number of hydrogen-bond acceptors (Lipinski definition) is 4. The van der Waals surface area contributed by atoms with Crippen molar-refractivity contribution < 1.29 is 18.9 Å². The van der Waals surface area contributed by atoms with E-state index in [1.165, 1.54) is 154 Å². The van der Waals surface area contributed by atoms with Crippen LogP contribution in [0.4, 0.5) is 0 Å². The largest absolute Gasteiger partial charge is 0.494 e. The van der Waals surface area contributed by atoms with Gasteiger partial charge in [0.2, 0.25) is 0 Å². The van der Waals surface area contributed by atoms with E-state index in [0.717, 1.165) is 75.1 Å². The Morgan fingerprint density at radius 3 is 0.676 bits per heavy atom. The van der Waals surface area contributed by atoms with Crippen LogP contribution in [0.15, 0.2) is 133 Å². The third-order valence-corrected chi connectivity index (χ3v) is 13.6. The lowest BCUT2D eigenvalue weighted by Gasteiger charge is -2.22. The second-order valence-electron chi connectivity index (χ2n) is 18.7. The molecule has 4 heteroatoms. The monoisotopic (exact) mass is 907 g/mol. The third-order valence-electron chi connectivity index (χ3n) is 13.6. The van der Waals surface area contributed by atoms with Crippen LogP contribution in [0.3, 0.4) is 0 Å². The van der Waals surface area contributed by atoms with Crippen LogP contribution in [0, 0.1) is 0 Å². The summed E-state index contributed by atoms with van der Waals surface area (Å²) in [5.41, 5.74) is 9.52. The number of hydrogen-bond donors (Lipinski definition) is 0. The zero-order valence-corrected chi connectivity index (χ0v) is 41.5. The molecule has 0 aliphatic heterocycles. The molecule has 8 rings (SSSR count). The van der Waals surface area contributed by atoms with Gasteiger partial charge in [-0.1, -0.05) is 178 Å². The van der Waals surface area contributed by atoms with Crippen molar-refractivity contribution in [2.45, 2.75) is 130 Å². The maximum Gasteiger partial charge on any atom is 0.119 e. The molecule has 0 N–H and O–H groups in total. The van der Waals surface area contributed by atoms with E-state index in [2.05, 4.69) is 161 Å². The zero-order valence-electron chi connectivity index (χ0n) is 41.5. The van der Waals surface area contributed by atoms with Crippen LogP contribution in [0.25, 0.3) is 76.8 Å². The van der Waals surface area contributed by atoms with E-state index in [-0.39, 0.29) is 0 Å². The van der Waals surface area contributed by atoms with Crippen LogP contribution in [0.2, 0.25) is 0 Å². The van der Waals surface area contributed by atoms with Crippen LogP contribution in [-0.2, 0) is 0 Å². The van der Waals surface area contributed by atoms with Gasteiger partial charge >= 0.3 is 0 Å². The Morgan fingerprint density at radius 1 is 0.250 bits per heavy atom. The van der Waals surface area contributed by atoms with Gasteiger partial charge in [0.1, 0.15) is 23.0 Å². The summed E-state index contributed by atoms with van der Waals surface area (Å²) in [5.74, 6) is 3.68. The number of ether oxygens (including phenoxy) is 4. The predicted octanol–water partition coefficient (Wildman–Crippen LogP) is 19.1. The topological polar surface area (TPSA) is 36.9 Å². The standard InChI is InChI=1S/C64H74O4/c1-5-9-13-17-41-65-51-29-21-47(22-30-51)59-45-60(48-23-31-52(32-24-48)66-42-18-14-10-6-2)56-39-40-58-62(50-27-35-54(36-28-50)68-44-20-16-12-8-4)46-61(57-38-37-55(59)63(56)64(57)58)49-25-33-53(34-26-49)67-43-19-15-11-7-3/h21-40,45-46H,5-20,41-44H2,1-4H3. The van der Waals surface area contributed by atoms with Gasteiger partial charge in [0.15, 0.2) is 0 Å². The van der Waals surface area contributed by atoms with E-state index in [4.69, 9.17) is 18.9 Å². The molecular weight excluding hydrogens is 833 g/mol. The highest BCUT2D eigenvalue weighted by atomic mass is 16.5. The lowest BCUT2D eigenvalue weighted by molar-refractivity contribution is 0.305. The van der Waals surface area contributed by atoms with Crippen molar-refractivity contribution >= 4 is 32.3 Å². The molecule has 354 valence electrons. The Labute approximate surface area is 407 Å². The van der Waals surface area contributed by atoms with Gasteiger partial charge in [-0.25, -0.2) is 0 Å². The molecule has 0 fully saturated rings. The summed E-state index contributed by atoms with van der Waals surface area (Å²) in [6.45, 7) is 12.0. The maximum atomic E-state index is 6.24. The highest BCUT2D eigenvalue weighted by Gasteiger charge is 2.21. The van der Waals surface area contributed by atoms with Gasteiger partial charge in [0, 0.05) is 0 Å². The molecule has 0 aliphatic rings. The first-order valence-electron chi connectivity index (χ1n) is 26.3. The molecule has 0 aromatic heterocycles. The van der Waals surface area contributed by atoms with Crippen molar-refractivity contribution in [2.75, 3.05) is 26.4 Å².